The van der Waals surface area contributed by atoms with E-state index in [0.29, 0.717) is 0 Å². The van der Waals surface area contributed by atoms with Crippen LogP contribution in [0.3, 0.4) is 0 Å². The molecular weight excluding hydrogens is 202 g/mol. The van der Waals surface area contributed by atoms with E-state index in [1.54, 1.807) is 0 Å². The maximum atomic E-state index is 3.44. The van der Waals surface area contributed by atoms with Gasteiger partial charge in [0.15, 0.2) is 0 Å². The first-order chi connectivity index (χ1) is 4.00. The standard InChI is InChI=1S/C6H6.Al.2ClH.H2S/c1-2-4-6-5-3-1;;;;/h1-6H;;2*1H;1H2/q;+1;;;/p-1. The highest BCUT2D eigenvalue weighted by atomic mass is 35.5. The van der Waals surface area contributed by atoms with Gasteiger partial charge in [-0.05, 0) is 0 Å². The normalized spacial score (nSPS) is 5.30. The van der Waals surface area contributed by atoms with Crippen molar-refractivity contribution < 1.29 is 0 Å². The molecule has 0 aliphatic carbocycles. The van der Waals surface area contributed by atoms with Crippen molar-refractivity contribution in [2.45, 2.75) is 0 Å². The third kappa shape index (κ3) is 11.5. The number of rotatable bonds is 0. The summed E-state index contributed by atoms with van der Waals surface area (Å²) in [6, 6.07) is 12.0. The van der Waals surface area contributed by atoms with Crippen molar-refractivity contribution in [3.8, 4) is 0 Å². The largest absolute Gasteiger partial charge is 0.302 e. The van der Waals surface area contributed by atoms with Gasteiger partial charge in [-0.1, -0.05) is 36.4 Å². The van der Waals surface area contributed by atoms with E-state index < -0.39 is 0 Å². The molecule has 0 saturated heterocycles. The summed E-state index contributed by atoms with van der Waals surface area (Å²) in [6.07, 6.45) is 0. The van der Waals surface area contributed by atoms with Crippen LogP contribution in [-0.4, -0.2) is 15.2 Å². The Bertz CT molecular complexity index is 87.7. The van der Waals surface area contributed by atoms with Gasteiger partial charge >= 0.3 is 0 Å². The first-order valence-electron chi connectivity index (χ1n) is 2.26. The number of hydrogen-bond donors (Lipinski definition) is 1. The maximum absolute atomic E-state index is 3.44. The Hall–Kier alpha value is 0.682. The highest BCUT2D eigenvalue weighted by Crippen LogP contribution is 1.79. The van der Waals surface area contributed by atoms with E-state index in [9.17, 15) is 0 Å². The van der Waals surface area contributed by atoms with Gasteiger partial charge in [-0.3, -0.25) is 0 Å². The Labute approximate surface area is 87.1 Å². The lowest BCUT2D eigenvalue weighted by atomic mass is 10.4. The Balaban J connectivity index is -0.000000114. The number of thiol groups is 1. The summed E-state index contributed by atoms with van der Waals surface area (Å²) >= 11 is 2.11. The third-order valence-electron chi connectivity index (χ3n) is 0.667. The molecule has 0 aromatic heterocycles. The summed E-state index contributed by atoms with van der Waals surface area (Å²) in [5.41, 5.74) is 0. The summed E-state index contributed by atoms with van der Waals surface area (Å²) in [5, 5.41) is 0. The van der Waals surface area contributed by atoms with Gasteiger partial charge < -0.3 is 11.0 Å². The Morgan fingerprint density at radius 3 is 0.800 bits per heavy atom. The van der Waals surface area contributed by atoms with Crippen LogP contribution in [0.15, 0.2) is 36.4 Å². The summed E-state index contributed by atoms with van der Waals surface area (Å²) < 4.78 is 0. The molecule has 0 atom stereocenters. The summed E-state index contributed by atoms with van der Waals surface area (Å²) in [4.78, 5) is 0. The van der Waals surface area contributed by atoms with Crippen molar-refractivity contribution in [2.24, 2.45) is 0 Å². The van der Waals surface area contributed by atoms with E-state index in [4.69, 9.17) is 0 Å². The highest BCUT2D eigenvalue weighted by molar-refractivity contribution is 8.03. The van der Waals surface area contributed by atoms with Gasteiger partial charge in [0.05, 0.1) is 0 Å². The molecule has 0 saturated carbocycles. The van der Waals surface area contributed by atoms with Crippen molar-refractivity contribution >= 4 is 51.0 Å². The van der Waals surface area contributed by atoms with Crippen LogP contribution in [0.5, 0.6) is 0 Å². The van der Waals surface area contributed by atoms with Gasteiger partial charge in [-0.2, -0.15) is 0 Å². The molecule has 0 unspecified atom stereocenters. The molecular formula is C6H9AlCl2S. The molecule has 0 aliphatic rings. The number of halogens is 2. The topological polar surface area (TPSA) is 0 Å². The molecule has 56 valence electrons. The second-order valence-corrected chi connectivity index (χ2v) is 1.15. The van der Waals surface area contributed by atoms with Gasteiger partial charge in [0, 0.05) is 0 Å². The summed E-state index contributed by atoms with van der Waals surface area (Å²) in [6.45, 7) is 0. The average molecular weight is 211 g/mol. The molecule has 0 bridgehead atoms. The van der Waals surface area contributed by atoms with Crippen LogP contribution >= 0.6 is 35.8 Å². The molecule has 0 spiro atoms. The minimum absolute atomic E-state index is 0. The zero-order chi connectivity index (χ0) is 6.24. The highest BCUT2D eigenvalue weighted by Gasteiger charge is 1.57. The minimum Gasteiger partial charge on any atom is -0.302 e. The molecule has 2 radical (unpaired) electrons. The molecule has 1 rings (SSSR count). The third-order valence-corrected chi connectivity index (χ3v) is 0.667. The van der Waals surface area contributed by atoms with Gasteiger partial charge in [0.2, 0.25) is 15.2 Å². The van der Waals surface area contributed by atoms with E-state index in [1.807, 2.05) is 36.4 Å². The van der Waals surface area contributed by atoms with Crippen LogP contribution in [0.2, 0.25) is 0 Å². The van der Waals surface area contributed by atoms with Crippen LogP contribution < -0.4 is 0 Å². The second kappa shape index (κ2) is 16.3. The van der Waals surface area contributed by atoms with Crippen molar-refractivity contribution in [1.29, 1.82) is 0 Å². The Morgan fingerprint density at radius 2 is 0.700 bits per heavy atom. The van der Waals surface area contributed by atoms with E-state index >= 15 is 0 Å². The Kier molecular flexibility index (Phi) is 27.7. The predicted molar refractivity (Wildman–Crippen MR) is 55.7 cm³/mol. The quantitative estimate of drug-likeness (QED) is 0.494. The lowest BCUT2D eigenvalue weighted by Gasteiger charge is -1.69. The predicted octanol–water partition coefficient (Wildman–Crippen LogP) is 2.53. The van der Waals surface area contributed by atoms with Crippen LogP contribution in [0.25, 0.3) is 0 Å². The minimum atomic E-state index is 0. The molecule has 4 heteroatoms. The second-order valence-electron chi connectivity index (χ2n) is 1.15. The maximum Gasteiger partial charge on any atom is 0.226 e. The SMILES string of the molecule is Cl.Cl.[Al][SH].c1ccccc1. The first-order valence-corrected chi connectivity index (χ1v) is 4.32. The molecule has 0 amide bonds. The zero-order valence-electron chi connectivity index (χ0n) is 5.31. The van der Waals surface area contributed by atoms with Crippen molar-refractivity contribution in [3.05, 3.63) is 36.4 Å². The van der Waals surface area contributed by atoms with Gasteiger partial charge in [-0.15, -0.1) is 24.8 Å². The van der Waals surface area contributed by atoms with Crippen LogP contribution in [0, 0.1) is 0 Å². The van der Waals surface area contributed by atoms with Crippen LogP contribution in [0.4, 0.5) is 0 Å². The zero-order valence-corrected chi connectivity index (χ0v) is 8.99. The lowest BCUT2D eigenvalue weighted by molar-refractivity contribution is 1.72. The smallest absolute Gasteiger partial charge is 0.226 e. The number of benzene rings is 1. The van der Waals surface area contributed by atoms with Gasteiger partial charge in [-0.25, -0.2) is 0 Å². The molecule has 1 aromatic carbocycles. The van der Waals surface area contributed by atoms with Crippen molar-refractivity contribution in [2.75, 3.05) is 0 Å². The van der Waals surface area contributed by atoms with Crippen LogP contribution in [-0.2, 0) is 0 Å². The molecule has 1 aromatic rings. The van der Waals surface area contributed by atoms with Gasteiger partial charge in [0.1, 0.15) is 0 Å². The van der Waals surface area contributed by atoms with E-state index in [0.717, 1.165) is 0 Å². The van der Waals surface area contributed by atoms with Crippen molar-refractivity contribution in [3.63, 3.8) is 0 Å². The van der Waals surface area contributed by atoms with E-state index in [-0.39, 0.29) is 24.8 Å². The molecule has 0 nitrogen and oxygen atoms in total. The molecule has 10 heavy (non-hydrogen) atoms. The van der Waals surface area contributed by atoms with E-state index in [1.165, 1.54) is 0 Å². The Morgan fingerprint density at radius 1 is 0.600 bits per heavy atom. The lowest BCUT2D eigenvalue weighted by Crippen LogP contribution is -1.47. The van der Waals surface area contributed by atoms with Crippen LogP contribution in [0.1, 0.15) is 0 Å². The molecule has 0 fully saturated rings. The summed E-state index contributed by atoms with van der Waals surface area (Å²) in [5.74, 6) is 0. The van der Waals surface area contributed by atoms with Gasteiger partial charge in [0.25, 0.3) is 0 Å². The average Bonchev–Trinajstić information content (AvgIpc) is 1.96. The fourth-order valence-electron chi connectivity index (χ4n) is 0.385. The monoisotopic (exact) mass is 210 g/mol. The summed E-state index contributed by atoms with van der Waals surface area (Å²) in [7, 11) is 3.44. The van der Waals surface area contributed by atoms with Crippen molar-refractivity contribution in [1.82, 2.24) is 0 Å². The van der Waals surface area contributed by atoms with E-state index in [2.05, 4.69) is 26.2 Å². The molecule has 0 heterocycles. The number of hydrogen-bond acceptors (Lipinski definition) is 1. The molecule has 0 aliphatic heterocycles. The first kappa shape index (κ1) is 17.0. The molecule has 0 N–H and O–H groups in total. The fraction of sp³-hybridized carbons (Fsp3) is 0. The fourth-order valence-corrected chi connectivity index (χ4v) is 0.385.